The fraction of sp³-hybridized carbons (Fsp3) is 0.154. The van der Waals surface area contributed by atoms with Crippen molar-refractivity contribution < 1.29 is 9.53 Å². The maximum absolute atomic E-state index is 11.9. The van der Waals surface area contributed by atoms with E-state index in [2.05, 4.69) is 0 Å². The van der Waals surface area contributed by atoms with Gasteiger partial charge in [-0.2, -0.15) is 0 Å². The van der Waals surface area contributed by atoms with E-state index in [4.69, 9.17) is 4.74 Å². The summed E-state index contributed by atoms with van der Waals surface area (Å²) in [4.78, 5) is 11.9. The van der Waals surface area contributed by atoms with Gasteiger partial charge in [0.25, 0.3) is 0 Å². The Morgan fingerprint density at radius 1 is 1.19 bits per heavy atom. The SMILES string of the molecule is COc1ccc(C(=O)Cn2cccc2)cc1. The molecule has 3 nitrogen and oxygen atoms in total. The average Bonchev–Trinajstić information content (AvgIpc) is 2.82. The lowest BCUT2D eigenvalue weighted by molar-refractivity contribution is 0.0972. The molecule has 0 spiro atoms. The third kappa shape index (κ3) is 2.31. The molecule has 0 aliphatic rings. The molecule has 82 valence electrons. The number of benzene rings is 1. The maximum Gasteiger partial charge on any atom is 0.182 e. The van der Waals surface area contributed by atoms with Crippen molar-refractivity contribution in [3.8, 4) is 5.75 Å². The number of carbonyl (C=O) groups is 1. The highest BCUT2D eigenvalue weighted by Crippen LogP contribution is 2.12. The largest absolute Gasteiger partial charge is 0.497 e. The van der Waals surface area contributed by atoms with Crippen LogP contribution in [0.25, 0.3) is 0 Å². The normalized spacial score (nSPS) is 10.1. The predicted octanol–water partition coefficient (Wildman–Crippen LogP) is 2.38. The Kier molecular flexibility index (Phi) is 3.05. The van der Waals surface area contributed by atoms with E-state index in [1.807, 2.05) is 29.1 Å². The lowest BCUT2D eigenvalue weighted by Gasteiger charge is -2.04. The van der Waals surface area contributed by atoms with E-state index in [1.54, 1.807) is 31.4 Å². The van der Waals surface area contributed by atoms with Crippen LogP contribution in [0, 0.1) is 0 Å². The number of aromatic nitrogens is 1. The number of nitrogens with zero attached hydrogens (tertiary/aromatic N) is 1. The lowest BCUT2D eigenvalue weighted by Crippen LogP contribution is -2.08. The highest BCUT2D eigenvalue weighted by molar-refractivity contribution is 5.96. The zero-order valence-electron chi connectivity index (χ0n) is 9.09. The van der Waals surface area contributed by atoms with Crippen LogP contribution in [0.1, 0.15) is 10.4 Å². The highest BCUT2D eigenvalue weighted by Gasteiger charge is 2.05. The average molecular weight is 215 g/mol. The molecule has 0 aliphatic heterocycles. The van der Waals surface area contributed by atoms with Crippen LogP contribution in [-0.4, -0.2) is 17.5 Å². The van der Waals surface area contributed by atoms with Gasteiger partial charge in [-0.25, -0.2) is 0 Å². The van der Waals surface area contributed by atoms with Crippen LogP contribution in [0.5, 0.6) is 5.75 Å². The molecule has 0 unspecified atom stereocenters. The Balaban J connectivity index is 2.09. The van der Waals surface area contributed by atoms with Crippen molar-refractivity contribution in [2.45, 2.75) is 6.54 Å². The summed E-state index contributed by atoms with van der Waals surface area (Å²) in [6.07, 6.45) is 3.75. The topological polar surface area (TPSA) is 31.2 Å². The fourth-order valence-corrected chi connectivity index (χ4v) is 1.51. The van der Waals surface area contributed by atoms with E-state index in [-0.39, 0.29) is 5.78 Å². The Bertz CT molecular complexity index is 457. The van der Waals surface area contributed by atoms with Crippen molar-refractivity contribution >= 4 is 5.78 Å². The quantitative estimate of drug-likeness (QED) is 0.733. The highest BCUT2D eigenvalue weighted by atomic mass is 16.5. The van der Waals surface area contributed by atoms with E-state index in [0.717, 1.165) is 5.75 Å². The Labute approximate surface area is 94.3 Å². The molecule has 1 heterocycles. The molecule has 0 aliphatic carbocycles. The van der Waals surface area contributed by atoms with Gasteiger partial charge in [0.15, 0.2) is 5.78 Å². The first-order valence-corrected chi connectivity index (χ1v) is 5.07. The van der Waals surface area contributed by atoms with Gasteiger partial charge in [0, 0.05) is 18.0 Å². The van der Waals surface area contributed by atoms with E-state index in [9.17, 15) is 4.79 Å². The van der Waals surface area contributed by atoms with Crippen molar-refractivity contribution in [2.24, 2.45) is 0 Å². The van der Waals surface area contributed by atoms with Gasteiger partial charge in [-0.15, -0.1) is 0 Å². The van der Waals surface area contributed by atoms with E-state index in [1.165, 1.54) is 0 Å². The first-order valence-electron chi connectivity index (χ1n) is 5.07. The van der Waals surface area contributed by atoms with Gasteiger partial charge in [-0.05, 0) is 36.4 Å². The number of methoxy groups -OCH3 is 1. The summed E-state index contributed by atoms with van der Waals surface area (Å²) >= 11 is 0. The number of carbonyl (C=O) groups excluding carboxylic acids is 1. The van der Waals surface area contributed by atoms with Gasteiger partial charge >= 0.3 is 0 Å². The lowest BCUT2D eigenvalue weighted by atomic mass is 10.1. The molecule has 0 atom stereocenters. The summed E-state index contributed by atoms with van der Waals surface area (Å²) in [5, 5.41) is 0. The minimum atomic E-state index is 0.0962. The molecule has 0 saturated carbocycles. The van der Waals surface area contributed by atoms with Crippen LogP contribution in [0.4, 0.5) is 0 Å². The van der Waals surface area contributed by atoms with Gasteiger partial charge in [0.05, 0.1) is 13.7 Å². The monoisotopic (exact) mass is 215 g/mol. The first-order chi connectivity index (χ1) is 7.79. The number of hydrogen-bond donors (Lipinski definition) is 0. The third-order valence-electron chi connectivity index (χ3n) is 2.40. The van der Waals surface area contributed by atoms with Crippen molar-refractivity contribution in [2.75, 3.05) is 7.11 Å². The van der Waals surface area contributed by atoms with Crippen LogP contribution < -0.4 is 4.74 Å². The second kappa shape index (κ2) is 4.66. The molecule has 0 fully saturated rings. The molecule has 3 heteroatoms. The summed E-state index contributed by atoms with van der Waals surface area (Å²) < 4.78 is 6.89. The van der Waals surface area contributed by atoms with E-state index in [0.29, 0.717) is 12.1 Å². The number of ether oxygens (including phenoxy) is 1. The summed E-state index contributed by atoms with van der Waals surface area (Å²) in [6.45, 7) is 0.374. The molecule has 16 heavy (non-hydrogen) atoms. The van der Waals surface area contributed by atoms with Crippen LogP contribution in [0.3, 0.4) is 0 Å². The first kappa shape index (κ1) is 10.5. The van der Waals surface area contributed by atoms with Crippen molar-refractivity contribution in [3.63, 3.8) is 0 Å². The molecular weight excluding hydrogens is 202 g/mol. The molecule has 0 bridgehead atoms. The Morgan fingerprint density at radius 2 is 1.81 bits per heavy atom. The summed E-state index contributed by atoms with van der Waals surface area (Å²) in [7, 11) is 1.61. The zero-order chi connectivity index (χ0) is 11.4. The molecule has 0 radical (unpaired) electrons. The van der Waals surface area contributed by atoms with Gasteiger partial charge in [-0.1, -0.05) is 0 Å². The van der Waals surface area contributed by atoms with Gasteiger partial charge in [0.2, 0.25) is 0 Å². The van der Waals surface area contributed by atoms with Gasteiger partial charge in [0.1, 0.15) is 5.75 Å². The molecule has 1 aromatic heterocycles. The molecular formula is C13H13NO2. The minimum Gasteiger partial charge on any atom is -0.497 e. The molecule has 0 saturated heterocycles. The van der Waals surface area contributed by atoms with Crippen LogP contribution in [0.2, 0.25) is 0 Å². The summed E-state index contributed by atoms with van der Waals surface area (Å²) in [6, 6.07) is 11.0. The maximum atomic E-state index is 11.9. The molecule has 2 aromatic rings. The van der Waals surface area contributed by atoms with Crippen molar-refractivity contribution in [3.05, 3.63) is 54.4 Å². The van der Waals surface area contributed by atoms with Gasteiger partial charge in [-0.3, -0.25) is 4.79 Å². The predicted molar refractivity (Wildman–Crippen MR) is 61.8 cm³/mol. The van der Waals surface area contributed by atoms with E-state index < -0.39 is 0 Å². The smallest absolute Gasteiger partial charge is 0.182 e. The van der Waals surface area contributed by atoms with Crippen LogP contribution >= 0.6 is 0 Å². The van der Waals surface area contributed by atoms with Crippen LogP contribution in [-0.2, 0) is 6.54 Å². The molecule has 0 N–H and O–H groups in total. The second-order valence-electron chi connectivity index (χ2n) is 3.51. The standard InChI is InChI=1S/C13H13NO2/c1-16-12-6-4-11(5-7-12)13(15)10-14-8-2-3-9-14/h2-9H,10H2,1H3. The molecule has 0 amide bonds. The van der Waals surface area contributed by atoms with E-state index >= 15 is 0 Å². The van der Waals surface area contributed by atoms with Crippen molar-refractivity contribution in [1.82, 2.24) is 4.57 Å². The van der Waals surface area contributed by atoms with Gasteiger partial charge < -0.3 is 9.30 Å². The van der Waals surface area contributed by atoms with Crippen molar-refractivity contribution in [1.29, 1.82) is 0 Å². The second-order valence-corrected chi connectivity index (χ2v) is 3.51. The number of ketones is 1. The minimum absolute atomic E-state index is 0.0962. The summed E-state index contributed by atoms with van der Waals surface area (Å²) in [5.41, 5.74) is 0.703. The molecule has 1 aromatic carbocycles. The summed E-state index contributed by atoms with van der Waals surface area (Å²) in [5.74, 6) is 0.858. The Hall–Kier alpha value is -2.03. The fourth-order valence-electron chi connectivity index (χ4n) is 1.51. The third-order valence-corrected chi connectivity index (χ3v) is 2.40. The number of Topliss-reactive ketones (excluding diaryl/α,β-unsaturated/α-hetero) is 1. The zero-order valence-corrected chi connectivity index (χ0v) is 9.09. The number of rotatable bonds is 4. The molecule has 2 rings (SSSR count). The number of hydrogen-bond acceptors (Lipinski definition) is 2. The van der Waals surface area contributed by atoms with Crippen LogP contribution in [0.15, 0.2) is 48.8 Å². The Morgan fingerprint density at radius 3 is 2.38 bits per heavy atom.